The molecule has 2 aromatic carbocycles. The van der Waals surface area contributed by atoms with Crippen LogP contribution in [-0.2, 0) is 4.74 Å². The highest BCUT2D eigenvalue weighted by molar-refractivity contribution is 6.01. The molecule has 2 aromatic rings. The molecule has 108 valence electrons. The average Bonchev–Trinajstić information content (AvgIpc) is 2.87. The number of ether oxygens (including phenoxy) is 2. The fraction of sp³-hybridized carbons (Fsp3) is 0.278. The van der Waals surface area contributed by atoms with Crippen LogP contribution in [0.1, 0.15) is 19.4 Å². The lowest BCUT2D eigenvalue weighted by Crippen LogP contribution is -2.17. The number of hydrogen-bond acceptors (Lipinski definition) is 3. The van der Waals surface area contributed by atoms with Gasteiger partial charge in [0, 0.05) is 5.56 Å². The molecule has 0 unspecified atom stereocenters. The number of hydrogen-bond donors (Lipinski definition) is 0. The zero-order chi connectivity index (χ0) is 14.9. The number of benzene rings is 2. The van der Waals surface area contributed by atoms with Gasteiger partial charge in [-0.05, 0) is 43.2 Å². The zero-order valence-electron chi connectivity index (χ0n) is 12.6. The maximum absolute atomic E-state index is 5.79. The fourth-order valence-electron chi connectivity index (χ4n) is 2.41. The Morgan fingerprint density at radius 3 is 2.24 bits per heavy atom. The Morgan fingerprint density at radius 1 is 1.00 bits per heavy atom. The molecule has 3 heteroatoms. The molecule has 0 aromatic heterocycles. The topological polar surface area (TPSA) is 30.8 Å². The van der Waals surface area contributed by atoms with Gasteiger partial charge in [-0.3, -0.25) is 0 Å². The van der Waals surface area contributed by atoms with E-state index in [1.807, 2.05) is 24.3 Å². The van der Waals surface area contributed by atoms with Gasteiger partial charge in [0.2, 0.25) is 5.90 Å². The molecule has 21 heavy (non-hydrogen) atoms. The maximum Gasteiger partial charge on any atom is 0.217 e. The van der Waals surface area contributed by atoms with Crippen molar-refractivity contribution in [2.45, 2.75) is 19.4 Å². The van der Waals surface area contributed by atoms with Gasteiger partial charge < -0.3 is 9.47 Å². The molecule has 0 saturated heterocycles. The predicted molar refractivity (Wildman–Crippen MR) is 85.0 cm³/mol. The normalized spacial score (nSPS) is 16.2. The standard InChI is InChI=1S/C18H19NO2/c1-18(2)12-21-17(19-18)16-7-5-4-6-15(16)13-8-10-14(20-3)11-9-13/h4-11H,12H2,1-3H3. The summed E-state index contributed by atoms with van der Waals surface area (Å²) in [5.74, 6) is 1.58. The minimum absolute atomic E-state index is 0.150. The van der Waals surface area contributed by atoms with Crippen LogP contribution >= 0.6 is 0 Å². The van der Waals surface area contributed by atoms with Crippen LogP contribution in [0.5, 0.6) is 5.75 Å². The van der Waals surface area contributed by atoms with Gasteiger partial charge >= 0.3 is 0 Å². The van der Waals surface area contributed by atoms with Crippen molar-refractivity contribution in [2.75, 3.05) is 13.7 Å². The smallest absolute Gasteiger partial charge is 0.217 e. The number of methoxy groups -OCH3 is 1. The van der Waals surface area contributed by atoms with Crippen molar-refractivity contribution < 1.29 is 9.47 Å². The lowest BCUT2D eigenvalue weighted by Gasteiger charge is -2.10. The van der Waals surface area contributed by atoms with Crippen LogP contribution in [0.15, 0.2) is 53.5 Å². The summed E-state index contributed by atoms with van der Waals surface area (Å²) in [4.78, 5) is 4.68. The van der Waals surface area contributed by atoms with Crippen LogP contribution in [-0.4, -0.2) is 25.2 Å². The van der Waals surface area contributed by atoms with E-state index in [0.717, 1.165) is 28.3 Å². The highest BCUT2D eigenvalue weighted by Crippen LogP contribution is 2.29. The summed E-state index contributed by atoms with van der Waals surface area (Å²) < 4.78 is 11.0. The molecule has 1 aliphatic heterocycles. The summed E-state index contributed by atoms with van der Waals surface area (Å²) in [6.07, 6.45) is 0. The van der Waals surface area contributed by atoms with Gasteiger partial charge in [0.25, 0.3) is 0 Å². The summed E-state index contributed by atoms with van der Waals surface area (Å²) >= 11 is 0. The van der Waals surface area contributed by atoms with Crippen LogP contribution in [0, 0.1) is 0 Å². The Balaban J connectivity index is 2.04. The molecule has 1 heterocycles. The van der Waals surface area contributed by atoms with E-state index in [9.17, 15) is 0 Å². The molecule has 0 aliphatic carbocycles. The van der Waals surface area contributed by atoms with E-state index in [2.05, 4.69) is 43.1 Å². The van der Waals surface area contributed by atoms with Crippen molar-refractivity contribution in [3.05, 3.63) is 54.1 Å². The molecule has 0 amide bonds. The van der Waals surface area contributed by atoms with Crippen molar-refractivity contribution in [3.63, 3.8) is 0 Å². The molecule has 0 spiro atoms. The van der Waals surface area contributed by atoms with Crippen LogP contribution in [0.4, 0.5) is 0 Å². The lowest BCUT2D eigenvalue weighted by atomic mass is 9.99. The van der Waals surface area contributed by atoms with Gasteiger partial charge in [-0.2, -0.15) is 0 Å². The van der Waals surface area contributed by atoms with E-state index in [4.69, 9.17) is 9.47 Å². The summed E-state index contributed by atoms with van der Waals surface area (Å²) in [6.45, 7) is 4.78. The van der Waals surface area contributed by atoms with E-state index < -0.39 is 0 Å². The van der Waals surface area contributed by atoms with E-state index >= 15 is 0 Å². The van der Waals surface area contributed by atoms with E-state index in [1.54, 1.807) is 7.11 Å². The predicted octanol–water partition coefficient (Wildman–Crippen LogP) is 3.92. The third kappa shape index (κ3) is 2.77. The molecule has 0 saturated carbocycles. The molecular weight excluding hydrogens is 262 g/mol. The first-order chi connectivity index (χ1) is 10.1. The molecule has 0 atom stereocenters. The molecule has 0 N–H and O–H groups in total. The van der Waals surface area contributed by atoms with Crippen molar-refractivity contribution in [1.82, 2.24) is 0 Å². The molecule has 0 fully saturated rings. The molecule has 3 nitrogen and oxygen atoms in total. The Morgan fingerprint density at radius 2 is 1.67 bits per heavy atom. The second-order valence-electron chi connectivity index (χ2n) is 5.79. The Hall–Kier alpha value is -2.29. The third-order valence-electron chi connectivity index (χ3n) is 3.52. The van der Waals surface area contributed by atoms with E-state index in [-0.39, 0.29) is 5.54 Å². The number of rotatable bonds is 3. The fourth-order valence-corrected chi connectivity index (χ4v) is 2.41. The molecule has 3 rings (SSSR count). The van der Waals surface area contributed by atoms with E-state index in [0.29, 0.717) is 6.61 Å². The molecule has 1 aliphatic rings. The van der Waals surface area contributed by atoms with Crippen molar-refractivity contribution in [2.24, 2.45) is 4.99 Å². The van der Waals surface area contributed by atoms with Crippen molar-refractivity contribution in [3.8, 4) is 16.9 Å². The molecule has 0 radical (unpaired) electrons. The van der Waals surface area contributed by atoms with Gasteiger partial charge in [0.15, 0.2) is 0 Å². The van der Waals surface area contributed by atoms with Crippen molar-refractivity contribution >= 4 is 5.90 Å². The zero-order valence-corrected chi connectivity index (χ0v) is 12.6. The Kier molecular flexibility index (Phi) is 3.42. The SMILES string of the molecule is COc1ccc(-c2ccccc2C2=NC(C)(C)CO2)cc1. The second kappa shape index (κ2) is 5.24. The Bertz CT molecular complexity index is 672. The van der Waals surface area contributed by atoms with Crippen molar-refractivity contribution in [1.29, 1.82) is 0 Å². The average molecular weight is 281 g/mol. The summed E-state index contributed by atoms with van der Waals surface area (Å²) in [5.41, 5.74) is 3.13. The van der Waals surface area contributed by atoms with Gasteiger partial charge in [0.05, 0.1) is 12.6 Å². The van der Waals surface area contributed by atoms with Crippen LogP contribution < -0.4 is 4.74 Å². The molecular formula is C18H19NO2. The van der Waals surface area contributed by atoms with Gasteiger partial charge in [-0.15, -0.1) is 0 Å². The summed E-state index contributed by atoms with van der Waals surface area (Å²) in [5, 5.41) is 0. The summed E-state index contributed by atoms with van der Waals surface area (Å²) in [7, 11) is 1.67. The van der Waals surface area contributed by atoms with Crippen LogP contribution in [0.25, 0.3) is 11.1 Å². The van der Waals surface area contributed by atoms with E-state index in [1.165, 1.54) is 0 Å². The quantitative estimate of drug-likeness (QED) is 0.853. The lowest BCUT2D eigenvalue weighted by molar-refractivity contribution is 0.279. The van der Waals surface area contributed by atoms with Gasteiger partial charge in [0.1, 0.15) is 12.4 Å². The first-order valence-electron chi connectivity index (χ1n) is 7.05. The monoisotopic (exact) mass is 281 g/mol. The minimum atomic E-state index is -0.150. The first kappa shape index (κ1) is 13.7. The third-order valence-corrected chi connectivity index (χ3v) is 3.52. The maximum atomic E-state index is 5.79. The van der Waals surface area contributed by atoms with Crippen LogP contribution in [0.3, 0.4) is 0 Å². The first-order valence-corrected chi connectivity index (χ1v) is 7.05. The Labute approximate surface area is 125 Å². The minimum Gasteiger partial charge on any atom is -0.497 e. The summed E-state index contributed by atoms with van der Waals surface area (Å²) in [6, 6.07) is 16.2. The van der Waals surface area contributed by atoms with Crippen LogP contribution in [0.2, 0.25) is 0 Å². The number of aliphatic imine (C=N–C) groups is 1. The largest absolute Gasteiger partial charge is 0.497 e. The highest BCUT2D eigenvalue weighted by Gasteiger charge is 2.28. The molecule has 0 bridgehead atoms. The van der Waals surface area contributed by atoms with Gasteiger partial charge in [-0.25, -0.2) is 4.99 Å². The highest BCUT2D eigenvalue weighted by atomic mass is 16.5. The number of nitrogens with zero attached hydrogens (tertiary/aromatic N) is 1. The van der Waals surface area contributed by atoms with Gasteiger partial charge in [-0.1, -0.05) is 30.3 Å². The second-order valence-corrected chi connectivity index (χ2v) is 5.79.